The van der Waals surface area contributed by atoms with E-state index in [2.05, 4.69) is 0 Å². The van der Waals surface area contributed by atoms with E-state index in [1.54, 1.807) is 12.1 Å². The second-order valence-corrected chi connectivity index (χ2v) is 6.41. The first-order chi connectivity index (χ1) is 12.0. The van der Waals surface area contributed by atoms with Gasteiger partial charge in [0.1, 0.15) is 12.2 Å². The topological polar surface area (TPSA) is 87.0 Å². The third kappa shape index (κ3) is 3.80. The molecule has 0 radical (unpaired) electrons. The molecule has 3 N–H and O–H groups in total. The molecule has 1 saturated heterocycles. The Hall–Kier alpha value is -2.05. The fraction of sp³-hybridized carbons (Fsp3) is 0.350. The van der Waals surface area contributed by atoms with Gasteiger partial charge in [0.15, 0.2) is 5.78 Å². The smallest absolute Gasteiger partial charge is 0.159 e. The molecule has 5 heteroatoms. The van der Waals surface area contributed by atoms with Crippen LogP contribution in [0.2, 0.25) is 0 Å². The Morgan fingerprint density at radius 1 is 1.12 bits per heavy atom. The van der Waals surface area contributed by atoms with E-state index in [1.807, 2.05) is 36.4 Å². The molecular weight excluding hydrogens is 320 g/mol. The van der Waals surface area contributed by atoms with Crippen LogP contribution in [0.4, 0.5) is 0 Å². The second-order valence-electron chi connectivity index (χ2n) is 6.41. The number of Topliss-reactive ketones (excluding diaryl/α,β-unsaturated/α-hetero) is 1. The van der Waals surface area contributed by atoms with Crippen molar-refractivity contribution < 1.29 is 24.9 Å². The zero-order valence-corrected chi connectivity index (χ0v) is 14.0. The van der Waals surface area contributed by atoms with Gasteiger partial charge in [0.05, 0.1) is 18.8 Å². The van der Waals surface area contributed by atoms with Crippen LogP contribution in [-0.2, 0) is 4.74 Å². The van der Waals surface area contributed by atoms with Gasteiger partial charge in [0.2, 0.25) is 0 Å². The molecule has 132 valence electrons. The largest absolute Gasteiger partial charge is 0.394 e. The van der Waals surface area contributed by atoms with Gasteiger partial charge in [-0.3, -0.25) is 4.79 Å². The van der Waals surface area contributed by atoms with Crippen molar-refractivity contribution in [2.45, 2.75) is 37.8 Å². The molecule has 2 aromatic carbocycles. The average molecular weight is 342 g/mol. The minimum Gasteiger partial charge on any atom is -0.394 e. The van der Waals surface area contributed by atoms with Gasteiger partial charge in [-0.05, 0) is 29.7 Å². The number of rotatable bonds is 4. The molecule has 2 aromatic rings. The van der Waals surface area contributed by atoms with Gasteiger partial charge in [-0.1, -0.05) is 42.5 Å². The van der Waals surface area contributed by atoms with Crippen LogP contribution in [0.15, 0.2) is 48.5 Å². The lowest BCUT2D eigenvalue weighted by Crippen LogP contribution is -2.44. The van der Waals surface area contributed by atoms with Crippen molar-refractivity contribution in [3.05, 3.63) is 59.7 Å². The third-order valence-electron chi connectivity index (χ3n) is 4.59. The molecule has 1 aliphatic rings. The lowest BCUT2D eigenvalue weighted by molar-refractivity contribution is -0.179. The Morgan fingerprint density at radius 2 is 1.84 bits per heavy atom. The van der Waals surface area contributed by atoms with E-state index in [0.29, 0.717) is 5.56 Å². The van der Waals surface area contributed by atoms with Crippen LogP contribution in [-0.4, -0.2) is 46.0 Å². The normalized spacial score (nSPS) is 26.4. The molecule has 1 aliphatic heterocycles. The molecule has 3 rings (SSSR count). The summed E-state index contributed by atoms with van der Waals surface area (Å²) in [4.78, 5) is 11.4. The highest BCUT2D eigenvalue weighted by atomic mass is 16.5. The molecule has 25 heavy (non-hydrogen) atoms. The van der Waals surface area contributed by atoms with E-state index in [-0.39, 0.29) is 18.8 Å². The fourth-order valence-corrected chi connectivity index (χ4v) is 3.14. The van der Waals surface area contributed by atoms with E-state index >= 15 is 0 Å². The Labute approximate surface area is 146 Å². The molecule has 0 bridgehead atoms. The van der Waals surface area contributed by atoms with E-state index in [0.717, 1.165) is 16.7 Å². The second kappa shape index (κ2) is 7.45. The van der Waals surface area contributed by atoms with Gasteiger partial charge in [-0.15, -0.1) is 0 Å². The first-order valence-electron chi connectivity index (χ1n) is 8.33. The first-order valence-corrected chi connectivity index (χ1v) is 8.33. The Morgan fingerprint density at radius 3 is 2.48 bits per heavy atom. The van der Waals surface area contributed by atoms with Crippen LogP contribution >= 0.6 is 0 Å². The highest BCUT2D eigenvalue weighted by Crippen LogP contribution is 2.33. The number of carbonyl (C=O) groups is 1. The standard InChI is InChI=1S/C20H22O5/c1-12(22)13-5-7-14(8-6-13)15-3-2-4-16(9-15)20-19(24)18(23)10-17(11-21)25-20/h2-9,17-21,23-24H,10-11H2,1H3. The van der Waals surface area contributed by atoms with Crippen molar-refractivity contribution in [3.8, 4) is 11.1 Å². The third-order valence-corrected chi connectivity index (χ3v) is 4.59. The van der Waals surface area contributed by atoms with Crippen molar-refractivity contribution in [1.82, 2.24) is 0 Å². The number of ether oxygens (including phenoxy) is 1. The summed E-state index contributed by atoms with van der Waals surface area (Å²) in [5, 5.41) is 29.6. The molecule has 1 fully saturated rings. The number of ketones is 1. The summed E-state index contributed by atoms with van der Waals surface area (Å²) in [5.41, 5.74) is 3.25. The maximum absolute atomic E-state index is 11.4. The van der Waals surface area contributed by atoms with Gasteiger partial charge in [0.25, 0.3) is 0 Å². The SMILES string of the molecule is CC(=O)c1ccc(-c2cccc(C3OC(CO)CC(O)C3O)c2)cc1. The number of aliphatic hydroxyl groups excluding tert-OH is 3. The predicted octanol–water partition coefficient (Wildman–Crippen LogP) is 2.10. The summed E-state index contributed by atoms with van der Waals surface area (Å²) in [5.74, 6) is 0.0167. The number of carbonyl (C=O) groups excluding carboxylic acids is 1. The average Bonchev–Trinajstić information content (AvgIpc) is 2.64. The summed E-state index contributed by atoms with van der Waals surface area (Å²) in [6, 6.07) is 14.8. The van der Waals surface area contributed by atoms with E-state index in [4.69, 9.17) is 4.74 Å². The number of hydrogen-bond donors (Lipinski definition) is 3. The van der Waals surface area contributed by atoms with Gasteiger partial charge in [-0.2, -0.15) is 0 Å². The quantitative estimate of drug-likeness (QED) is 0.741. The van der Waals surface area contributed by atoms with E-state index in [9.17, 15) is 20.1 Å². The fourth-order valence-electron chi connectivity index (χ4n) is 3.14. The monoisotopic (exact) mass is 342 g/mol. The summed E-state index contributed by atoms with van der Waals surface area (Å²) in [6.45, 7) is 1.33. The minimum absolute atomic E-state index is 0.0167. The maximum Gasteiger partial charge on any atom is 0.159 e. The number of hydrogen-bond acceptors (Lipinski definition) is 5. The Kier molecular flexibility index (Phi) is 5.30. The lowest BCUT2D eigenvalue weighted by Gasteiger charge is -2.37. The first kappa shape index (κ1) is 17.8. The molecule has 0 aromatic heterocycles. The molecule has 0 saturated carbocycles. The van der Waals surface area contributed by atoms with Gasteiger partial charge < -0.3 is 20.1 Å². The summed E-state index contributed by atoms with van der Waals surface area (Å²) >= 11 is 0. The lowest BCUT2D eigenvalue weighted by atomic mass is 9.91. The van der Waals surface area contributed by atoms with E-state index in [1.165, 1.54) is 6.92 Å². The Balaban J connectivity index is 1.89. The van der Waals surface area contributed by atoms with Crippen molar-refractivity contribution in [2.75, 3.05) is 6.61 Å². The number of benzene rings is 2. The highest BCUT2D eigenvalue weighted by molar-refractivity contribution is 5.94. The van der Waals surface area contributed by atoms with Crippen LogP contribution < -0.4 is 0 Å². The van der Waals surface area contributed by atoms with Gasteiger partial charge >= 0.3 is 0 Å². The van der Waals surface area contributed by atoms with Crippen molar-refractivity contribution >= 4 is 5.78 Å². The molecule has 4 unspecified atom stereocenters. The highest BCUT2D eigenvalue weighted by Gasteiger charge is 2.37. The van der Waals surface area contributed by atoms with Crippen LogP contribution in [0.3, 0.4) is 0 Å². The predicted molar refractivity (Wildman–Crippen MR) is 93.2 cm³/mol. The zero-order valence-electron chi connectivity index (χ0n) is 14.0. The van der Waals surface area contributed by atoms with Gasteiger partial charge in [0, 0.05) is 12.0 Å². The molecule has 0 aliphatic carbocycles. The van der Waals surface area contributed by atoms with E-state index < -0.39 is 24.4 Å². The zero-order chi connectivity index (χ0) is 18.0. The van der Waals surface area contributed by atoms with Crippen LogP contribution in [0.25, 0.3) is 11.1 Å². The molecule has 0 spiro atoms. The Bertz CT molecular complexity index is 740. The molecule has 0 amide bonds. The van der Waals surface area contributed by atoms with Crippen LogP contribution in [0, 0.1) is 0 Å². The summed E-state index contributed by atoms with van der Waals surface area (Å²) in [7, 11) is 0. The number of aliphatic hydroxyl groups is 3. The van der Waals surface area contributed by atoms with Crippen molar-refractivity contribution in [3.63, 3.8) is 0 Å². The molecule has 4 atom stereocenters. The molecule has 1 heterocycles. The summed E-state index contributed by atoms with van der Waals surface area (Å²) < 4.78 is 5.74. The molecular formula is C20H22O5. The van der Waals surface area contributed by atoms with Crippen LogP contribution in [0.5, 0.6) is 0 Å². The van der Waals surface area contributed by atoms with Crippen molar-refractivity contribution in [2.24, 2.45) is 0 Å². The van der Waals surface area contributed by atoms with Crippen molar-refractivity contribution in [1.29, 1.82) is 0 Å². The molecule has 5 nitrogen and oxygen atoms in total. The van der Waals surface area contributed by atoms with Crippen LogP contribution in [0.1, 0.15) is 35.4 Å². The summed E-state index contributed by atoms with van der Waals surface area (Å²) in [6.07, 6.45) is -2.97. The minimum atomic E-state index is -1.04. The van der Waals surface area contributed by atoms with Gasteiger partial charge in [-0.25, -0.2) is 0 Å². The maximum atomic E-state index is 11.4.